The summed E-state index contributed by atoms with van der Waals surface area (Å²) in [7, 11) is 0. The lowest BCUT2D eigenvalue weighted by Gasteiger charge is -2.28. The van der Waals surface area contributed by atoms with E-state index in [1.165, 1.54) is 43.9 Å². The molecule has 3 nitrogen and oxygen atoms in total. The van der Waals surface area contributed by atoms with Crippen molar-refractivity contribution in [3.8, 4) is 28.0 Å². The van der Waals surface area contributed by atoms with Gasteiger partial charge in [-0.2, -0.15) is 4.39 Å². The van der Waals surface area contributed by atoms with E-state index in [9.17, 15) is 8.78 Å². The van der Waals surface area contributed by atoms with Crippen molar-refractivity contribution in [3.05, 3.63) is 89.8 Å². The standard InChI is InChI=1S/C34H39F3O3/c1-3-5-6-7-8-9-10-20-38-31-19-18-29(33(36)34(31)37)25-14-12-24(13-15-25)26-16-17-28(30(35)21-26)27-22-39-32(11-4-2)40-23-27/h4,11-19,21,27,32H,3,5-10,20,22-23H2,1-2H3/b11-4+. The van der Waals surface area contributed by atoms with Gasteiger partial charge in [0.1, 0.15) is 5.82 Å². The molecule has 0 bridgehead atoms. The minimum absolute atomic E-state index is 0.0643. The first kappa shape index (κ1) is 29.9. The Balaban J connectivity index is 1.36. The molecule has 3 aromatic carbocycles. The van der Waals surface area contributed by atoms with Crippen LogP contribution < -0.4 is 4.74 Å². The van der Waals surface area contributed by atoms with Gasteiger partial charge < -0.3 is 14.2 Å². The van der Waals surface area contributed by atoms with Crippen molar-refractivity contribution in [1.82, 2.24) is 0 Å². The molecule has 0 saturated carbocycles. The number of rotatable bonds is 13. The van der Waals surface area contributed by atoms with Gasteiger partial charge in [0.05, 0.1) is 19.8 Å². The molecular weight excluding hydrogens is 513 g/mol. The minimum Gasteiger partial charge on any atom is -0.490 e. The molecule has 0 atom stereocenters. The van der Waals surface area contributed by atoms with Gasteiger partial charge in [0.15, 0.2) is 17.9 Å². The van der Waals surface area contributed by atoms with Crippen molar-refractivity contribution in [2.24, 2.45) is 0 Å². The van der Waals surface area contributed by atoms with Crippen molar-refractivity contribution in [2.45, 2.75) is 71.0 Å². The molecule has 6 heteroatoms. The van der Waals surface area contributed by atoms with Gasteiger partial charge in [-0.3, -0.25) is 0 Å². The second kappa shape index (κ2) is 15.1. The first-order chi connectivity index (χ1) is 19.5. The molecule has 1 saturated heterocycles. The number of hydrogen-bond donors (Lipinski definition) is 0. The highest BCUT2D eigenvalue weighted by atomic mass is 19.2. The molecule has 0 spiro atoms. The van der Waals surface area contributed by atoms with Crippen LogP contribution in [0.25, 0.3) is 22.3 Å². The second-order valence-corrected chi connectivity index (χ2v) is 10.3. The van der Waals surface area contributed by atoms with E-state index in [0.29, 0.717) is 36.5 Å². The summed E-state index contributed by atoms with van der Waals surface area (Å²) in [6.07, 6.45) is 11.2. The number of benzene rings is 3. The lowest BCUT2D eigenvalue weighted by Crippen LogP contribution is -2.29. The summed E-state index contributed by atoms with van der Waals surface area (Å²) in [6.45, 7) is 5.21. The predicted octanol–water partition coefficient (Wildman–Crippen LogP) is 9.60. The zero-order chi connectivity index (χ0) is 28.3. The maximum absolute atomic E-state index is 15.0. The Hall–Kier alpha value is -3.09. The van der Waals surface area contributed by atoms with Crippen LogP contribution in [-0.2, 0) is 9.47 Å². The minimum atomic E-state index is -0.977. The van der Waals surface area contributed by atoms with Crippen LogP contribution in [0, 0.1) is 17.5 Å². The maximum Gasteiger partial charge on any atom is 0.201 e. The Labute approximate surface area is 236 Å². The van der Waals surface area contributed by atoms with Crippen LogP contribution >= 0.6 is 0 Å². The molecule has 0 aliphatic carbocycles. The number of ether oxygens (including phenoxy) is 3. The quantitative estimate of drug-likeness (QED) is 0.156. The SMILES string of the molecule is C/C=C/C1OCC(c2ccc(-c3ccc(-c4ccc(OCCCCCCCCC)c(F)c4F)cc3)cc2F)CO1. The smallest absolute Gasteiger partial charge is 0.201 e. The van der Waals surface area contributed by atoms with Gasteiger partial charge >= 0.3 is 0 Å². The van der Waals surface area contributed by atoms with Gasteiger partial charge in [-0.25, -0.2) is 8.78 Å². The maximum atomic E-state index is 15.0. The third kappa shape index (κ3) is 7.76. The fourth-order valence-corrected chi connectivity index (χ4v) is 4.95. The van der Waals surface area contributed by atoms with Crippen molar-refractivity contribution >= 4 is 0 Å². The number of unbranched alkanes of at least 4 members (excludes halogenated alkanes) is 6. The Morgan fingerprint density at radius 3 is 2.10 bits per heavy atom. The molecule has 0 unspecified atom stereocenters. The lowest BCUT2D eigenvalue weighted by atomic mass is 9.95. The topological polar surface area (TPSA) is 27.7 Å². The molecule has 40 heavy (non-hydrogen) atoms. The van der Waals surface area contributed by atoms with Crippen molar-refractivity contribution in [1.29, 1.82) is 0 Å². The normalized spacial score (nSPS) is 17.4. The van der Waals surface area contributed by atoms with E-state index in [-0.39, 0.29) is 29.3 Å². The van der Waals surface area contributed by atoms with E-state index >= 15 is 4.39 Å². The largest absolute Gasteiger partial charge is 0.490 e. The molecule has 1 heterocycles. The summed E-state index contributed by atoms with van der Waals surface area (Å²) >= 11 is 0. The lowest BCUT2D eigenvalue weighted by molar-refractivity contribution is -0.159. The Kier molecular flexibility index (Phi) is 11.2. The number of halogens is 3. The Bertz CT molecular complexity index is 1250. The zero-order valence-corrected chi connectivity index (χ0v) is 23.4. The van der Waals surface area contributed by atoms with Crippen molar-refractivity contribution < 1.29 is 27.4 Å². The molecule has 1 aliphatic rings. The van der Waals surface area contributed by atoms with E-state index in [2.05, 4.69) is 6.92 Å². The van der Waals surface area contributed by atoms with E-state index in [1.54, 1.807) is 30.3 Å². The summed E-state index contributed by atoms with van der Waals surface area (Å²) in [5, 5.41) is 0. The molecule has 0 N–H and O–H groups in total. The molecule has 0 aromatic heterocycles. The van der Waals surface area contributed by atoms with Gasteiger partial charge in [-0.05, 0) is 59.9 Å². The van der Waals surface area contributed by atoms with Crippen LogP contribution in [0.2, 0.25) is 0 Å². The monoisotopic (exact) mass is 552 g/mol. The van der Waals surface area contributed by atoms with Crippen molar-refractivity contribution in [2.75, 3.05) is 19.8 Å². The zero-order valence-electron chi connectivity index (χ0n) is 23.4. The molecular formula is C34H39F3O3. The Morgan fingerprint density at radius 1 is 0.775 bits per heavy atom. The van der Waals surface area contributed by atoms with E-state index < -0.39 is 11.6 Å². The van der Waals surface area contributed by atoms with Crippen LogP contribution in [-0.4, -0.2) is 26.1 Å². The van der Waals surface area contributed by atoms with Crippen molar-refractivity contribution in [3.63, 3.8) is 0 Å². The fraction of sp³-hybridized carbons (Fsp3) is 0.412. The third-order valence-corrected chi connectivity index (χ3v) is 7.29. The van der Waals surface area contributed by atoms with Crippen LogP contribution in [0.4, 0.5) is 13.2 Å². The van der Waals surface area contributed by atoms with Gasteiger partial charge in [0.25, 0.3) is 0 Å². The first-order valence-electron chi connectivity index (χ1n) is 14.4. The van der Waals surface area contributed by atoms with E-state index in [4.69, 9.17) is 14.2 Å². The number of hydrogen-bond acceptors (Lipinski definition) is 3. The van der Waals surface area contributed by atoms with Gasteiger partial charge in [0, 0.05) is 11.5 Å². The second-order valence-electron chi connectivity index (χ2n) is 10.3. The summed E-state index contributed by atoms with van der Waals surface area (Å²) in [5.74, 6) is -2.49. The van der Waals surface area contributed by atoms with Crippen LogP contribution in [0.3, 0.4) is 0 Å². The summed E-state index contributed by atoms with van der Waals surface area (Å²) < 4.78 is 61.5. The van der Waals surface area contributed by atoms with Gasteiger partial charge in [-0.1, -0.05) is 87.9 Å². The third-order valence-electron chi connectivity index (χ3n) is 7.29. The molecule has 0 radical (unpaired) electrons. The predicted molar refractivity (Wildman–Crippen MR) is 154 cm³/mol. The molecule has 0 amide bonds. The highest BCUT2D eigenvalue weighted by molar-refractivity contribution is 5.71. The highest BCUT2D eigenvalue weighted by Crippen LogP contribution is 2.33. The summed E-state index contributed by atoms with van der Waals surface area (Å²) in [6, 6.07) is 15.1. The molecule has 3 aromatic rings. The molecule has 1 aliphatic heterocycles. The Morgan fingerprint density at radius 2 is 1.43 bits per heavy atom. The van der Waals surface area contributed by atoms with Gasteiger partial charge in [0.2, 0.25) is 5.82 Å². The van der Waals surface area contributed by atoms with E-state index in [0.717, 1.165) is 24.8 Å². The molecule has 4 rings (SSSR count). The van der Waals surface area contributed by atoms with Gasteiger partial charge in [-0.15, -0.1) is 0 Å². The number of allylic oxidation sites excluding steroid dienone is 1. The summed E-state index contributed by atoms with van der Waals surface area (Å²) in [4.78, 5) is 0. The average Bonchev–Trinajstić information content (AvgIpc) is 2.97. The first-order valence-corrected chi connectivity index (χ1v) is 14.4. The van der Waals surface area contributed by atoms with Crippen LogP contribution in [0.1, 0.15) is 70.3 Å². The molecule has 214 valence electrons. The molecule has 1 fully saturated rings. The van der Waals surface area contributed by atoms with E-state index in [1.807, 2.05) is 25.1 Å². The highest BCUT2D eigenvalue weighted by Gasteiger charge is 2.24. The average molecular weight is 553 g/mol. The fourth-order valence-electron chi connectivity index (χ4n) is 4.95. The summed E-state index contributed by atoms with van der Waals surface area (Å²) in [5.41, 5.74) is 2.70. The van der Waals surface area contributed by atoms with Crippen LogP contribution in [0.5, 0.6) is 5.75 Å². The van der Waals surface area contributed by atoms with Crippen LogP contribution in [0.15, 0.2) is 66.7 Å².